The van der Waals surface area contributed by atoms with E-state index < -0.39 is 0 Å². The van der Waals surface area contributed by atoms with Gasteiger partial charge in [0.2, 0.25) is 0 Å². The number of rotatable bonds is 4. The molecule has 6 nitrogen and oxygen atoms in total. The lowest BCUT2D eigenvalue weighted by Crippen LogP contribution is -2.44. The third-order valence-corrected chi connectivity index (χ3v) is 5.49. The summed E-state index contributed by atoms with van der Waals surface area (Å²) >= 11 is 6.05. The van der Waals surface area contributed by atoms with Gasteiger partial charge in [0, 0.05) is 36.1 Å². The first-order valence-electron chi connectivity index (χ1n) is 9.44. The fraction of sp³-hybridized carbons (Fsp3) is 0.333. The van der Waals surface area contributed by atoms with Crippen LogP contribution in [0.15, 0.2) is 42.5 Å². The number of carbonyl (C=O) groups is 1. The van der Waals surface area contributed by atoms with Gasteiger partial charge in [-0.1, -0.05) is 29.8 Å². The maximum absolute atomic E-state index is 12.5. The van der Waals surface area contributed by atoms with E-state index in [1.807, 2.05) is 47.4 Å². The first-order chi connectivity index (χ1) is 13.6. The summed E-state index contributed by atoms with van der Waals surface area (Å²) in [5.74, 6) is 2.09. The van der Waals surface area contributed by atoms with E-state index in [1.54, 1.807) is 7.11 Å². The molecule has 1 aliphatic heterocycles. The lowest BCUT2D eigenvalue weighted by atomic mass is 9.96. The molecule has 0 radical (unpaired) electrons. The lowest BCUT2D eigenvalue weighted by Gasteiger charge is -2.31. The second kappa shape index (κ2) is 8.10. The Kier molecular flexibility index (Phi) is 5.39. The van der Waals surface area contributed by atoms with E-state index in [0.717, 1.165) is 41.0 Å². The second-order valence-corrected chi connectivity index (χ2v) is 7.45. The van der Waals surface area contributed by atoms with Crippen LogP contribution in [0.4, 0.5) is 4.79 Å². The molecular formula is C21H23ClN4O2. The molecule has 3 aromatic rings. The highest BCUT2D eigenvalue weighted by molar-refractivity contribution is 6.31. The number of ether oxygens (including phenoxy) is 1. The van der Waals surface area contributed by atoms with Crippen molar-refractivity contribution in [3.8, 4) is 5.75 Å². The smallest absolute Gasteiger partial charge is 0.317 e. The molecule has 4 rings (SSSR count). The van der Waals surface area contributed by atoms with E-state index in [4.69, 9.17) is 21.3 Å². The summed E-state index contributed by atoms with van der Waals surface area (Å²) in [5.41, 5.74) is 2.85. The zero-order valence-electron chi connectivity index (χ0n) is 15.7. The Morgan fingerprint density at radius 2 is 2.07 bits per heavy atom. The SMILES string of the molecule is COc1ccccc1CNC(=O)N1CCC(c2nc3ccc(Cl)cc3[nH]2)CC1. The van der Waals surface area contributed by atoms with Crippen molar-refractivity contribution >= 4 is 28.7 Å². The highest BCUT2D eigenvalue weighted by Gasteiger charge is 2.25. The van der Waals surface area contributed by atoms with Gasteiger partial charge in [-0.25, -0.2) is 9.78 Å². The van der Waals surface area contributed by atoms with Crippen LogP contribution in [-0.4, -0.2) is 41.1 Å². The van der Waals surface area contributed by atoms with E-state index in [0.29, 0.717) is 30.6 Å². The molecule has 146 valence electrons. The van der Waals surface area contributed by atoms with Gasteiger partial charge in [0.1, 0.15) is 11.6 Å². The predicted molar refractivity (Wildman–Crippen MR) is 110 cm³/mol. The Balaban J connectivity index is 1.33. The molecule has 28 heavy (non-hydrogen) atoms. The fourth-order valence-electron chi connectivity index (χ4n) is 3.68. The normalized spacial score (nSPS) is 15.0. The largest absolute Gasteiger partial charge is 0.496 e. The van der Waals surface area contributed by atoms with Crippen LogP contribution in [-0.2, 0) is 6.54 Å². The van der Waals surface area contributed by atoms with Crippen LogP contribution < -0.4 is 10.1 Å². The molecule has 1 aromatic heterocycles. The molecule has 0 aliphatic carbocycles. The Bertz CT molecular complexity index is 979. The number of hydrogen-bond donors (Lipinski definition) is 2. The molecule has 1 aliphatic rings. The number of methoxy groups -OCH3 is 1. The number of piperidine rings is 1. The number of H-pyrrole nitrogens is 1. The van der Waals surface area contributed by atoms with Gasteiger partial charge in [-0.05, 0) is 37.1 Å². The molecular weight excluding hydrogens is 376 g/mol. The van der Waals surface area contributed by atoms with Crippen molar-refractivity contribution in [2.45, 2.75) is 25.3 Å². The Morgan fingerprint density at radius 3 is 2.86 bits per heavy atom. The Morgan fingerprint density at radius 1 is 1.29 bits per heavy atom. The first kappa shape index (κ1) is 18.6. The topological polar surface area (TPSA) is 70.2 Å². The minimum absolute atomic E-state index is 0.0410. The average Bonchev–Trinajstić information content (AvgIpc) is 3.15. The van der Waals surface area contributed by atoms with Gasteiger partial charge < -0.3 is 19.9 Å². The number of benzene rings is 2. The van der Waals surface area contributed by atoms with Crippen molar-refractivity contribution < 1.29 is 9.53 Å². The minimum Gasteiger partial charge on any atom is -0.496 e. The van der Waals surface area contributed by atoms with Gasteiger partial charge in [-0.15, -0.1) is 0 Å². The Labute approximate surface area is 168 Å². The van der Waals surface area contributed by atoms with Crippen molar-refractivity contribution in [2.24, 2.45) is 0 Å². The summed E-state index contributed by atoms with van der Waals surface area (Å²) in [5, 5.41) is 3.69. The van der Waals surface area contributed by atoms with Crippen molar-refractivity contribution in [1.82, 2.24) is 20.2 Å². The maximum Gasteiger partial charge on any atom is 0.317 e. The van der Waals surface area contributed by atoms with Crippen LogP contribution >= 0.6 is 11.6 Å². The molecule has 2 amide bonds. The number of carbonyl (C=O) groups excluding carboxylic acids is 1. The summed E-state index contributed by atoms with van der Waals surface area (Å²) < 4.78 is 5.33. The molecule has 1 saturated heterocycles. The minimum atomic E-state index is -0.0410. The van der Waals surface area contributed by atoms with E-state index in [1.165, 1.54) is 0 Å². The molecule has 0 saturated carbocycles. The quantitative estimate of drug-likeness (QED) is 0.687. The molecule has 0 unspecified atom stereocenters. The summed E-state index contributed by atoms with van der Waals surface area (Å²) in [7, 11) is 1.64. The van der Waals surface area contributed by atoms with Gasteiger partial charge in [0.25, 0.3) is 0 Å². The number of nitrogens with zero attached hydrogens (tertiary/aromatic N) is 2. The average molecular weight is 399 g/mol. The zero-order valence-corrected chi connectivity index (χ0v) is 16.5. The number of halogens is 1. The molecule has 0 spiro atoms. The van der Waals surface area contributed by atoms with Crippen molar-refractivity contribution in [3.05, 3.63) is 58.9 Å². The molecule has 2 N–H and O–H groups in total. The van der Waals surface area contributed by atoms with Crippen LogP contribution in [0, 0.1) is 0 Å². The lowest BCUT2D eigenvalue weighted by molar-refractivity contribution is 0.180. The van der Waals surface area contributed by atoms with Gasteiger partial charge >= 0.3 is 6.03 Å². The summed E-state index contributed by atoms with van der Waals surface area (Å²) in [6.45, 7) is 1.87. The maximum atomic E-state index is 12.5. The van der Waals surface area contributed by atoms with Crippen molar-refractivity contribution in [1.29, 1.82) is 0 Å². The number of aromatic amines is 1. The molecule has 2 aromatic carbocycles. The molecule has 7 heteroatoms. The molecule has 0 atom stereocenters. The number of imidazole rings is 1. The van der Waals surface area contributed by atoms with Crippen molar-refractivity contribution in [2.75, 3.05) is 20.2 Å². The van der Waals surface area contributed by atoms with E-state index >= 15 is 0 Å². The number of nitrogens with one attached hydrogen (secondary N) is 2. The van der Waals surface area contributed by atoms with E-state index in [-0.39, 0.29) is 6.03 Å². The monoisotopic (exact) mass is 398 g/mol. The number of para-hydroxylation sites is 1. The number of aromatic nitrogens is 2. The van der Waals surface area contributed by atoms with Crippen LogP contribution in [0.25, 0.3) is 11.0 Å². The number of fused-ring (bicyclic) bond motifs is 1. The van der Waals surface area contributed by atoms with E-state index in [2.05, 4.69) is 10.3 Å². The number of urea groups is 1. The zero-order chi connectivity index (χ0) is 19.5. The van der Waals surface area contributed by atoms with Crippen molar-refractivity contribution in [3.63, 3.8) is 0 Å². The third-order valence-electron chi connectivity index (χ3n) is 5.25. The first-order valence-corrected chi connectivity index (χ1v) is 9.81. The highest BCUT2D eigenvalue weighted by Crippen LogP contribution is 2.28. The highest BCUT2D eigenvalue weighted by atomic mass is 35.5. The molecule has 1 fully saturated rings. The van der Waals surface area contributed by atoms with Gasteiger partial charge in [-0.3, -0.25) is 0 Å². The second-order valence-electron chi connectivity index (χ2n) is 7.02. The van der Waals surface area contributed by atoms with Gasteiger partial charge in [-0.2, -0.15) is 0 Å². The van der Waals surface area contributed by atoms with Crippen LogP contribution in [0.1, 0.15) is 30.1 Å². The Hall–Kier alpha value is -2.73. The molecule has 0 bridgehead atoms. The number of hydrogen-bond acceptors (Lipinski definition) is 3. The standard InChI is InChI=1S/C21H23ClN4O2/c1-28-19-5-3-2-4-15(19)13-23-21(27)26-10-8-14(9-11-26)20-24-17-7-6-16(22)12-18(17)25-20/h2-7,12,14H,8-11,13H2,1H3,(H,23,27)(H,24,25). The summed E-state index contributed by atoms with van der Waals surface area (Å²) in [6.07, 6.45) is 1.77. The number of likely N-dealkylation sites (tertiary alicyclic amines) is 1. The number of amides is 2. The summed E-state index contributed by atoms with van der Waals surface area (Å²) in [4.78, 5) is 22.5. The third kappa shape index (κ3) is 3.92. The van der Waals surface area contributed by atoms with Crippen LogP contribution in [0.5, 0.6) is 5.75 Å². The van der Waals surface area contributed by atoms with Crippen LogP contribution in [0.2, 0.25) is 5.02 Å². The van der Waals surface area contributed by atoms with Crippen LogP contribution in [0.3, 0.4) is 0 Å². The predicted octanol–water partition coefficient (Wildman–Crippen LogP) is 4.31. The van der Waals surface area contributed by atoms with Gasteiger partial charge in [0.15, 0.2) is 0 Å². The fourth-order valence-corrected chi connectivity index (χ4v) is 3.85. The molecule has 2 heterocycles. The van der Waals surface area contributed by atoms with Gasteiger partial charge in [0.05, 0.1) is 18.1 Å². The summed E-state index contributed by atoms with van der Waals surface area (Å²) in [6, 6.07) is 13.3. The van der Waals surface area contributed by atoms with E-state index in [9.17, 15) is 4.79 Å².